The lowest BCUT2D eigenvalue weighted by Crippen LogP contribution is -2.52. The first kappa shape index (κ1) is 27.1. The maximum absolute atomic E-state index is 15.4. The largest absolute Gasteiger partial charge is 0.490 e. The maximum atomic E-state index is 15.4. The predicted octanol–water partition coefficient (Wildman–Crippen LogP) is 5.81. The van der Waals surface area contributed by atoms with E-state index < -0.39 is 48.0 Å². The van der Waals surface area contributed by atoms with Crippen LogP contribution in [0.15, 0.2) is 70.5 Å². The van der Waals surface area contributed by atoms with E-state index in [-0.39, 0.29) is 53.7 Å². The standard InChI is InChI=1S/C27H25ClF2O6S2/c1-17-2-6-22(7-3-17)38(33,34)36-15-18-12-13-27(37(31,32)21-8-4-20(28)5-9-21)19(14-18)16-35-26-24(30)11-10-23(29)25(26)27/h2-11,18-19H,12-16H2,1H3/t18-,19+,27-/m0/s1. The second-order valence-corrected chi connectivity index (χ2v) is 14.0. The Morgan fingerprint density at radius 2 is 1.58 bits per heavy atom. The van der Waals surface area contributed by atoms with Gasteiger partial charge in [-0.2, -0.15) is 8.42 Å². The van der Waals surface area contributed by atoms with Crippen LogP contribution in [-0.4, -0.2) is 30.0 Å². The van der Waals surface area contributed by atoms with Gasteiger partial charge in [0, 0.05) is 10.9 Å². The van der Waals surface area contributed by atoms with Crippen molar-refractivity contribution < 1.29 is 34.5 Å². The highest BCUT2D eigenvalue weighted by Crippen LogP contribution is 2.57. The predicted molar refractivity (Wildman–Crippen MR) is 137 cm³/mol. The van der Waals surface area contributed by atoms with Gasteiger partial charge in [0.1, 0.15) is 10.6 Å². The summed E-state index contributed by atoms with van der Waals surface area (Å²) in [6, 6.07) is 13.6. The molecule has 0 saturated heterocycles. The molecule has 1 saturated carbocycles. The summed E-state index contributed by atoms with van der Waals surface area (Å²) in [4.78, 5) is -0.0499. The van der Waals surface area contributed by atoms with Crippen LogP contribution in [0.5, 0.6) is 5.75 Å². The molecule has 0 N–H and O–H groups in total. The van der Waals surface area contributed by atoms with Crippen LogP contribution >= 0.6 is 11.6 Å². The number of aryl methyl sites for hydroxylation is 1. The van der Waals surface area contributed by atoms with Crippen LogP contribution in [0.25, 0.3) is 0 Å². The number of rotatable bonds is 6. The first-order valence-electron chi connectivity index (χ1n) is 12.0. The van der Waals surface area contributed by atoms with Crippen molar-refractivity contribution in [1.29, 1.82) is 0 Å². The molecule has 0 unspecified atom stereocenters. The Kier molecular flexibility index (Phi) is 7.04. The number of hydrogen-bond donors (Lipinski definition) is 0. The Balaban J connectivity index is 1.50. The molecule has 3 aromatic rings. The summed E-state index contributed by atoms with van der Waals surface area (Å²) in [6.45, 7) is 1.48. The molecule has 0 spiro atoms. The second kappa shape index (κ2) is 9.89. The van der Waals surface area contributed by atoms with Gasteiger partial charge in [-0.15, -0.1) is 0 Å². The lowest BCUT2D eigenvalue weighted by molar-refractivity contribution is 0.0805. The summed E-state index contributed by atoms with van der Waals surface area (Å²) in [5.41, 5.74) is 0.575. The summed E-state index contributed by atoms with van der Waals surface area (Å²) in [5.74, 6) is -3.26. The van der Waals surface area contributed by atoms with Crippen molar-refractivity contribution in [2.75, 3.05) is 13.2 Å². The van der Waals surface area contributed by atoms with Gasteiger partial charge >= 0.3 is 0 Å². The topological polar surface area (TPSA) is 86.7 Å². The molecule has 1 aliphatic heterocycles. The van der Waals surface area contributed by atoms with Crippen LogP contribution in [0, 0.1) is 30.4 Å². The molecule has 6 nitrogen and oxygen atoms in total. The van der Waals surface area contributed by atoms with E-state index in [1.165, 1.54) is 36.4 Å². The van der Waals surface area contributed by atoms with E-state index in [1.54, 1.807) is 12.1 Å². The van der Waals surface area contributed by atoms with Gasteiger partial charge in [0.2, 0.25) is 0 Å². The maximum Gasteiger partial charge on any atom is 0.296 e. The van der Waals surface area contributed by atoms with Crippen LogP contribution < -0.4 is 4.74 Å². The number of hydrogen-bond acceptors (Lipinski definition) is 6. The molecule has 1 aliphatic carbocycles. The van der Waals surface area contributed by atoms with E-state index in [0.717, 1.165) is 17.7 Å². The fraction of sp³-hybridized carbons (Fsp3) is 0.333. The summed E-state index contributed by atoms with van der Waals surface area (Å²) >= 11 is 5.97. The summed E-state index contributed by atoms with van der Waals surface area (Å²) in [6.07, 6.45) is 0.311. The minimum Gasteiger partial charge on any atom is -0.490 e. The van der Waals surface area contributed by atoms with Crippen LogP contribution in [0.2, 0.25) is 5.02 Å². The van der Waals surface area contributed by atoms with E-state index in [2.05, 4.69) is 0 Å². The van der Waals surface area contributed by atoms with Crippen molar-refractivity contribution in [1.82, 2.24) is 0 Å². The third-order valence-electron chi connectivity index (χ3n) is 7.48. The van der Waals surface area contributed by atoms with E-state index in [0.29, 0.717) is 5.02 Å². The third-order valence-corrected chi connectivity index (χ3v) is 11.6. The highest BCUT2D eigenvalue weighted by atomic mass is 35.5. The first-order valence-corrected chi connectivity index (χ1v) is 15.3. The van der Waals surface area contributed by atoms with E-state index in [9.17, 15) is 21.2 Å². The highest BCUT2D eigenvalue weighted by molar-refractivity contribution is 7.92. The van der Waals surface area contributed by atoms with Crippen LogP contribution in [0.3, 0.4) is 0 Å². The van der Waals surface area contributed by atoms with Gasteiger partial charge in [-0.3, -0.25) is 4.18 Å². The molecular weight excluding hydrogens is 558 g/mol. The molecule has 2 aliphatic rings. The summed E-state index contributed by atoms with van der Waals surface area (Å²) in [7, 11) is -8.30. The van der Waals surface area contributed by atoms with Gasteiger partial charge in [0.05, 0.1) is 28.6 Å². The molecule has 0 bridgehead atoms. The van der Waals surface area contributed by atoms with E-state index in [4.69, 9.17) is 20.5 Å². The zero-order valence-electron chi connectivity index (χ0n) is 20.4. The highest BCUT2D eigenvalue weighted by Gasteiger charge is 2.59. The Labute approximate surface area is 225 Å². The Morgan fingerprint density at radius 3 is 2.26 bits per heavy atom. The van der Waals surface area contributed by atoms with Gasteiger partial charge in [-0.25, -0.2) is 17.2 Å². The summed E-state index contributed by atoms with van der Waals surface area (Å²) in [5, 5.41) is 0.332. The van der Waals surface area contributed by atoms with Gasteiger partial charge in [0.15, 0.2) is 21.4 Å². The number of sulfone groups is 1. The lowest BCUT2D eigenvalue weighted by Gasteiger charge is -2.49. The normalized spacial score (nSPS) is 23.3. The molecule has 1 heterocycles. The zero-order valence-corrected chi connectivity index (χ0v) is 22.8. The number of ether oxygens (including phenoxy) is 1. The van der Waals surface area contributed by atoms with Crippen LogP contribution in [-0.2, 0) is 28.9 Å². The molecule has 1 fully saturated rings. The van der Waals surface area contributed by atoms with Crippen molar-refractivity contribution in [3.05, 3.63) is 88.4 Å². The molecule has 3 aromatic carbocycles. The van der Waals surface area contributed by atoms with Crippen LogP contribution in [0.4, 0.5) is 8.78 Å². The quantitative estimate of drug-likeness (QED) is 0.341. The average molecular weight is 583 g/mol. The van der Waals surface area contributed by atoms with Crippen molar-refractivity contribution >= 4 is 31.6 Å². The smallest absolute Gasteiger partial charge is 0.296 e. The SMILES string of the molecule is Cc1ccc(S(=O)(=O)OC[C@H]2CC[C@@]3(S(=O)(=O)c4ccc(Cl)cc4)c4c(F)ccc(F)c4OC[C@H]3C2)cc1. The van der Waals surface area contributed by atoms with Crippen molar-refractivity contribution in [3.8, 4) is 5.75 Å². The van der Waals surface area contributed by atoms with E-state index in [1.807, 2.05) is 6.92 Å². The van der Waals surface area contributed by atoms with Crippen molar-refractivity contribution in [2.24, 2.45) is 11.8 Å². The monoisotopic (exact) mass is 582 g/mol. The Morgan fingerprint density at radius 1 is 0.947 bits per heavy atom. The lowest BCUT2D eigenvalue weighted by atomic mass is 9.69. The van der Waals surface area contributed by atoms with Crippen LogP contribution in [0.1, 0.15) is 30.4 Å². The van der Waals surface area contributed by atoms with Gasteiger partial charge < -0.3 is 4.74 Å². The van der Waals surface area contributed by atoms with E-state index >= 15 is 4.39 Å². The molecule has 5 rings (SSSR count). The van der Waals surface area contributed by atoms with Gasteiger partial charge in [-0.05, 0) is 80.6 Å². The number of halogens is 3. The molecular formula is C27H25ClF2O6S2. The second-order valence-electron chi connectivity index (χ2n) is 9.78. The van der Waals surface area contributed by atoms with Gasteiger partial charge in [-0.1, -0.05) is 29.3 Å². The molecule has 0 aromatic heterocycles. The minimum absolute atomic E-state index is 0.0195. The van der Waals surface area contributed by atoms with Crippen molar-refractivity contribution in [2.45, 2.75) is 40.7 Å². The van der Waals surface area contributed by atoms with Gasteiger partial charge in [0.25, 0.3) is 10.1 Å². The molecule has 0 radical (unpaired) electrons. The minimum atomic E-state index is -4.27. The number of fused-ring (bicyclic) bond motifs is 3. The fourth-order valence-corrected chi connectivity index (χ4v) is 9.01. The molecule has 202 valence electrons. The Bertz CT molecular complexity index is 1570. The van der Waals surface area contributed by atoms with Crippen molar-refractivity contribution in [3.63, 3.8) is 0 Å². The average Bonchev–Trinajstić information content (AvgIpc) is 2.89. The molecule has 11 heteroatoms. The number of benzene rings is 3. The summed E-state index contributed by atoms with van der Waals surface area (Å²) < 4.78 is 93.0. The molecule has 3 atom stereocenters. The third kappa shape index (κ3) is 4.51. The zero-order chi connectivity index (χ0) is 27.3. The Hall–Kier alpha value is -2.53. The molecule has 0 amide bonds. The molecule has 38 heavy (non-hydrogen) atoms. The fourth-order valence-electron chi connectivity index (χ4n) is 5.54. The first-order chi connectivity index (χ1) is 18.0.